The topological polar surface area (TPSA) is 66.5 Å². The Hall–Kier alpha value is -1.37. The van der Waals surface area contributed by atoms with E-state index in [0.29, 0.717) is 5.52 Å². The Bertz CT molecular complexity index is 413. The number of aromatic amines is 1. The molecule has 0 aliphatic heterocycles. The number of H-pyrrole nitrogens is 1. The molecule has 0 unspecified atom stereocenters. The van der Waals surface area contributed by atoms with E-state index in [9.17, 15) is 4.39 Å². The van der Waals surface area contributed by atoms with Gasteiger partial charge in [-0.2, -0.15) is 14.4 Å². The van der Waals surface area contributed by atoms with Crippen molar-refractivity contribution in [1.29, 1.82) is 0 Å². The lowest BCUT2D eigenvalue weighted by atomic mass is 10.5. The number of anilines is 1. The molecule has 5 nitrogen and oxygen atoms in total. The summed E-state index contributed by atoms with van der Waals surface area (Å²) in [6.45, 7) is 0. The number of hydrogen-bond acceptors (Lipinski definition) is 5. The van der Waals surface area contributed by atoms with Crippen LogP contribution in [0.5, 0.6) is 0 Å². The smallest absolute Gasteiger partial charge is 0.312 e. The van der Waals surface area contributed by atoms with Crippen molar-refractivity contribution in [3.63, 3.8) is 0 Å². The third-order valence-electron chi connectivity index (χ3n) is 1.36. The number of imidazole rings is 1. The number of fused-ring (bicyclic) bond motifs is 1. The van der Waals surface area contributed by atoms with Crippen molar-refractivity contribution in [3.8, 4) is 0 Å². The Morgan fingerprint density at radius 2 is 2.33 bits per heavy atom. The van der Waals surface area contributed by atoms with Crippen molar-refractivity contribution in [2.75, 3.05) is 4.72 Å². The van der Waals surface area contributed by atoms with Gasteiger partial charge in [-0.1, -0.05) is 12.8 Å². The Morgan fingerprint density at radius 3 is 3.08 bits per heavy atom. The summed E-state index contributed by atoms with van der Waals surface area (Å²) in [5, 5.41) is 0. The van der Waals surface area contributed by atoms with Crippen LogP contribution in [0.2, 0.25) is 0 Å². The molecule has 0 aliphatic carbocycles. The first-order valence-electron chi connectivity index (χ1n) is 3.08. The lowest BCUT2D eigenvalue weighted by Crippen LogP contribution is -1.95. The zero-order valence-electron chi connectivity index (χ0n) is 5.74. The quantitative estimate of drug-likeness (QED) is 0.453. The van der Waals surface area contributed by atoms with Crippen LogP contribution in [0.3, 0.4) is 0 Å². The number of nitrogens with zero attached hydrogens (tertiary/aromatic N) is 3. The zero-order chi connectivity index (χ0) is 8.55. The minimum absolute atomic E-state index is 0.276. The van der Waals surface area contributed by atoms with Crippen molar-refractivity contribution in [1.82, 2.24) is 19.9 Å². The second-order valence-corrected chi connectivity index (χ2v) is 2.28. The maximum Gasteiger partial charge on any atom is 0.312 e. The van der Waals surface area contributed by atoms with Crippen molar-refractivity contribution >= 4 is 29.8 Å². The van der Waals surface area contributed by atoms with Gasteiger partial charge in [0.25, 0.3) is 0 Å². The molecule has 0 amide bonds. The summed E-state index contributed by atoms with van der Waals surface area (Å²) >= 11 is 3.75. The van der Waals surface area contributed by atoms with Crippen molar-refractivity contribution in [2.45, 2.75) is 0 Å². The fourth-order valence-electron chi connectivity index (χ4n) is 0.888. The van der Waals surface area contributed by atoms with Crippen LogP contribution in [0.25, 0.3) is 11.2 Å². The van der Waals surface area contributed by atoms with E-state index in [4.69, 9.17) is 0 Å². The molecule has 62 valence electrons. The number of hydrogen-bond donors (Lipinski definition) is 3. The molecular formula is C5H4FN5S. The Balaban J connectivity index is 2.80. The predicted octanol–water partition coefficient (Wildman–Crippen LogP) is 0.749. The monoisotopic (exact) mass is 185 g/mol. The summed E-state index contributed by atoms with van der Waals surface area (Å²) in [4.78, 5) is 13.4. The van der Waals surface area contributed by atoms with Gasteiger partial charge in [0.05, 0.1) is 6.33 Å². The van der Waals surface area contributed by atoms with E-state index in [0.717, 1.165) is 0 Å². The van der Waals surface area contributed by atoms with Crippen molar-refractivity contribution < 1.29 is 4.39 Å². The maximum atomic E-state index is 12.6. The van der Waals surface area contributed by atoms with E-state index in [2.05, 4.69) is 37.5 Å². The Morgan fingerprint density at radius 1 is 1.50 bits per heavy atom. The molecule has 0 saturated carbocycles. The molecule has 2 heterocycles. The molecular weight excluding hydrogens is 181 g/mol. The highest BCUT2D eigenvalue weighted by molar-refractivity contribution is 7.81. The van der Waals surface area contributed by atoms with E-state index in [1.54, 1.807) is 0 Å². The molecule has 0 radical (unpaired) electrons. The highest BCUT2D eigenvalue weighted by Crippen LogP contribution is 2.15. The number of nitrogens with one attached hydrogen (secondary N) is 2. The molecule has 0 spiro atoms. The van der Waals surface area contributed by atoms with Crippen LogP contribution in [-0.4, -0.2) is 19.9 Å². The lowest BCUT2D eigenvalue weighted by molar-refractivity contribution is 0.546. The number of aromatic nitrogens is 4. The Kier molecular flexibility index (Phi) is 1.58. The normalized spacial score (nSPS) is 10.5. The van der Waals surface area contributed by atoms with E-state index in [-0.39, 0.29) is 11.5 Å². The van der Waals surface area contributed by atoms with Gasteiger partial charge in [0.15, 0.2) is 11.5 Å². The summed E-state index contributed by atoms with van der Waals surface area (Å²) in [6.07, 6.45) is 0.582. The lowest BCUT2D eigenvalue weighted by Gasteiger charge is -1.97. The molecule has 2 aromatic rings. The van der Waals surface area contributed by atoms with Gasteiger partial charge >= 0.3 is 6.08 Å². The van der Waals surface area contributed by atoms with Gasteiger partial charge in [-0.15, -0.1) is 0 Å². The maximum absolute atomic E-state index is 12.6. The molecule has 7 heteroatoms. The van der Waals surface area contributed by atoms with Crippen LogP contribution in [0.4, 0.5) is 10.2 Å². The van der Waals surface area contributed by atoms with Crippen molar-refractivity contribution in [3.05, 3.63) is 12.4 Å². The first-order chi connectivity index (χ1) is 5.81. The Labute approximate surface area is 72.0 Å². The van der Waals surface area contributed by atoms with Crippen LogP contribution in [0.15, 0.2) is 6.33 Å². The van der Waals surface area contributed by atoms with E-state index < -0.39 is 6.08 Å². The van der Waals surface area contributed by atoms with Gasteiger partial charge in [0, 0.05) is 0 Å². The second kappa shape index (κ2) is 2.59. The fraction of sp³-hybridized carbons (Fsp3) is 0. The van der Waals surface area contributed by atoms with Gasteiger partial charge < -0.3 is 9.71 Å². The number of halogens is 1. The van der Waals surface area contributed by atoms with Gasteiger partial charge in [-0.3, -0.25) is 0 Å². The minimum atomic E-state index is -0.828. The van der Waals surface area contributed by atoms with Crippen LogP contribution in [-0.2, 0) is 0 Å². The SMILES string of the molecule is Fc1nc(NS)c2[nH]cnc2n1. The zero-order valence-corrected chi connectivity index (χ0v) is 6.64. The molecule has 12 heavy (non-hydrogen) atoms. The first kappa shape index (κ1) is 7.29. The molecule has 0 aromatic carbocycles. The first-order valence-corrected chi connectivity index (χ1v) is 3.52. The van der Waals surface area contributed by atoms with Crippen LogP contribution in [0.1, 0.15) is 0 Å². The van der Waals surface area contributed by atoms with E-state index in [1.165, 1.54) is 6.33 Å². The molecule has 0 aliphatic rings. The van der Waals surface area contributed by atoms with Crippen LogP contribution in [0, 0.1) is 6.08 Å². The summed E-state index contributed by atoms with van der Waals surface area (Å²) in [5.74, 6) is 0.276. The average molecular weight is 185 g/mol. The minimum Gasteiger partial charge on any atom is -0.340 e. The van der Waals surface area contributed by atoms with Gasteiger partial charge in [-0.05, 0) is 0 Å². The second-order valence-electron chi connectivity index (χ2n) is 2.05. The average Bonchev–Trinajstić information content (AvgIpc) is 2.50. The molecule has 0 fully saturated rings. The molecule has 0 saturated heterocycles. The molecule has 2 N–H and O–H groups in total. The molecule has 0 bridgehead atoms. The summed E-state index contributed by atoms with van der Waals surface area (Å²) in [7, 11) is 0. The summed E-state index contributed by atoms with van der Waals surface area (Å²) < 4.78 is 15.0. The predicted molar refractivity (Wildman–Crippen MR) is 44.3 cm³/mol. The van der Waals surface area contributed by atoms with Crippen LogP contribution >= 0.6 is 12.8 Å². The molecule has 2 aromatic heterocycles. The number of rotatable bonds is 1. The molecule has 0 atom stereocenters. The highest BCUT2D eigenvalue weighted by atomic mass is 32.1. The molecule has 2 rings (SSSR count). The van der Waals surface area contributed by atoms with Crippen molar-refractivity contribution in [2.24, 2.45) is 0 Å². The third-order valence-corrected chi connectivity index (χ3v) is 1.58. The van der Waals surface area contributed by atoms with Gasteiger partial charge in [0.1, 0.15) is 5.52 Å². The summed E-state index contributed by atoms with van der Waals surface area (Å²) in [5.41, 5.74) is 0.811. The fourth-order valence-corrected chi connectivity index (χ4v) is 1.05. The number of thiol groups is 1. The largest absolute Gasteiger partial charge is 0.340 e. The van der Waals surface area contributed by atoms with Gasteiger partial charge in [0.2, 0.25) is 0 Å². The third kappa shape index (κ3) is 0.981. The van der Waals surface area contributed by atoms with E-state index >= 15 is 0 Å². The van der Waals surface area contributed by atoms with Crippen LogP contribution < -0.4 is 4.72 Å². The standard InChI is InChI=1S/C5H4FN5S/c6-5-9-3-2(7-1-8-3)4(10-5)11-12/h1,12H,(H2,7,8,9,10,11). The van der Waals surface area contributed by atoms with Gasteiger partial charge in [-0.25, -0.2) is 4.98 Å². The highest BCUT2D eigenvalue weighted by Gasteiger charge is 2.07. The van der Waals surface area contributed by atoms with E-state index in [1.807, 2.05) is 0 Å². The summed E-state index contributed by atoms with van der Waals surface area (Å²) in [6, 6.07) is 0.